The molecular weight excluding hydrogens is 358 g/mol. The molecule has 3 N–H and O–H groups in total. The molecule has 1 aliphatic heterocycles. The van der Waals surface area contributed by atoms with Gasteiger partial charge in [0.2, 0.25) is 15.9 Å². The fraction of sp³-hybridized carbons (Fsp3) is 0.529. The minimum absolute atomic E-state index is 0.0398. The molecule has 0 aliphatic carbocycles. The molecule has 1 heterocycles. The molecule has 1 aliphatic rings. The van der Waals surface area contributed by atoms with Crippen LogP contribution in [0.25, 0.3) is 0 Å². The summed E-state index contributed by atoms with van der Waals surface area (Å²) in [5.41, 5.74) is 6.70. The average molecular weight is 383 g/mol. The van der Waals surface area contributed by atoms with Gasteiger partial charge in [0.25, 0.3) is 0 Å². The minimum atomic E-state index is -3.91. The molecule has 2 rings (SSSR count). The number of carbonyl (C=O) groups is 2. The van der Waals surface area contributed by atoms with Crippen molar-refractivity contribution < 1.29 is 22.7 Å². The van der Waals surface area contributed by atoms with Crippen molar-refractivity contribution in [3.05, 3.63) is 23.8 Å². The maximum Gasteiger partial charge on any atom is 0.414 e. The van der Waals surface area contributed by atoms with Gasteiger partial charge in [0.1, 0.15) is 6.04 Å². The first kappa shape index (κ1) is 20.2. The molecule has 2 amide bonds. The minimum Gasteiger partial charge on any atom is -0.452 e. The third-order valence-electron chi connectivity index (χ3n) is 4.22. The van der Waals surface area contributed by atoms with Gasteiger partial charge in [-0.3, -0.25) is 9.69 Å². The van der Waals surface area contributed by atoms with Crippen molar-refractivity contribution in [2.45, 2.75) is 44.0 Å². The molecule has 0 spiro atoms. The maximum atomic E-state index is 12.7. The van der Waals surface area contributed by atoms with Crippen molar-refractivity contribution in [1.29, 1.82) is 0 Å². The number of amides is 2. The van der Waals surface area contributed by atoms with E-state index in [2.05, 4.69) is 4.72 Å². The van der Waals surface area contributed by atoms with Crippen molar-refractivity contribution in [2.75, 3.05) is 18.6 Å². The molecule has 1 aromatic carbocycles. The number of rotatable bonds is 6. The van der Waals surface area contributed by atoms with Gasteiger partial charge in [0, 0.05) is 6.54 Å². The Kier molecular flexibility index (Phi) is 6.25. The summed E-state index contributed by atoms with van der Waals surface area (Å²) in [5, 5.41) is 0. The lowest BCUT2D eigenvalue weighted by Crippen LogP contribution is -2.45. The third-order valence-corrected chi connectivity index (χ3v) is 5.69. The second-order valence-corrected chi connectivity index (χ2v) is 8.44. The highest BCUT2D eigenvalue weighted by Crippen LogP contribution is 2.30. The molecule has 0 saturated carbocycles. The van der Waals surface area contributed by atoms with Gasteiger partial charge >= 0.3 is 6.09 Å². The lowest BCUT2D eigenvalue weighted by molar-refractivity contribution is -0.119. The zero-order chi connectivity index (χ0) is 19.5. The number of hydrogen-bond acceptors (Lipinski definition) is 5. The molecule has 0 bridgehead atoms. The Labute approximate surface area is 153 Å². The molecule has 1 atom stereocenters. The van der Waals surface area contributed by atoms with Gasteiger partial charge in [-0.1, -0.05) is 13.8 Å². The third kappa shape index (κ3) is 4.53. The van der Waals surface area contributed by atoms with E-state index >= 15 is 0 Å². The van der Waals surface area contributed by atoms with Gasteiger partial charge in [0.15, 0.2) is 0 Å². The number of benzene rings is 1. The van der Waals surface area contributed by atoms with Gasteiger partial charge in [-0.15, -0.1) is 0 Å². The van der Waals surface area contributed by atoms with E-state index in [4.69, 9.17) is 10.5 Å². The number of sulfonamides is 1. The summed E-state index contributed by atoms with van der Waals surface area (Å²) in [7, 11) is -2.61. The summed E-state index contributed by atoms with van der Waals surface area (Å²) in [6.45, 7) is 4.28. The van der Waals surface area contributed by atoms with Crippen LogP contribution in [0, 0.1) is 5.92 Å². The smallest absolute Gasteiger partial charge is 0.414 e. The fourth-order valence-corrected chi connectivity index (χ4v) is 4.26. The van der Waals surface area contributed by atoms with Crippen LogP contribution in [0.1, 0.15) is 32.3 Å². The first-order valence-electron chi connectivity index (χ1n) is 8.45. The van der Waals surface area contributed by atoms with Crippen molar-refractivity contribution >= 4 is 27.7 Å². The standard InChI is InChI=1S/C17H25N3O5S/c1-11(2)9-14(16(18)21)19-26(23,24)13-6-7-15-12(10-13)5-4-8-20(15)17(22)25-3/h6-7,10-11,14,19H,4-5,8-9H2,1-3H3,(H2,18,21)/t14-/m0/s1. The highest BCUT2D eigenvalue weighted by molar-refractivity contribution is 7.89. The van der Waals surface area contributed by atoms with Crippen molar-refractivity contribution in [2.24, 2.45) is 11.7 Å². The zero-order valence-corrected chi connectivity index (χ0v) is 16.0. The number of anilines is 1. The van der Waals surface area contributed by atoms with E-state index in [1.165, 1.54) is 24.1 Å². The van der Waals surface area contributed by atoms with Crippen molar-refractivity contribution in [3.8, 4) is 0 Å². The Morgan fingerprint density at radius 2 is 2.04 bits per heavy atom. The number of methoxy groups -OCH3 is 1. The van der Waals surface area contributed by atoms with Crippen LogP contribution in [0.5, 0.6) is 0 Å². The molecule has 0 radical (unpaired) electrons. The molecule has 1 aromatic rings. The normalized spacial score (nSPS) is 15.5. The number of nitrogens with zero attached hydrogens (tertiary/aromatic N) is 1. The SMILES string of the molecule is COC(=O)N1CCCc2cc(S(=O)(=O)N[C@@H](CC(C)C)C(N)=O)ccc21. The summed E-state index contributed by atoms with van der Waals surface area (Å²) in [4.78, 5) is 24.9. The second-order valence-electron chi connectivity index (χ2n) is 6.72. The number of carbonyl (C=O) groups excluding carboxylic acids is 2. The van der Waals surface area contributed by atoms with Crippen LogP contribution in [0.3, 0.4) is 0 Å². The quantitative estimate of drug-likeness (QED) is 0.769. The molecule has 8 nitrogen and oxygen atoms in total. The molecule has 9 heteroatoms. The topological polar surface area (TPSA) is 119 Å². The monoisotopic (exact) mass is 383 g/mol. The predicted molar refractivity (Wildman–Crippen MR) is 97.3 cm³/mol. The van der Waals surface area contributed by atoms with E-state index in [0.29, 0.717) is 31.5 Å². The maximum absolute atomic E-state index is 12.7. The molecule has 0 saturated heterocycles. The summed E-state index contributed by atoms with van der Waals surface area (Å²) in [6, 6.07) is 3.56. The molecule has 26 heavy (non-hydrogen) atoms. The van der Waals surface area contributed by atoms with E-state index in [0.717, 1.165) is 5.56 Å². The van der Waals surface area contributed by atoms with Crippen LogP contribution in [-0.2, 0) is 26.0 Å². The molecular formula is C17H25N3O5S. The largest absolute Gasteiger partial charge is 0.452 e. The van der Waals surface area contributed by atoms with Crippen LogP contribution >= 0.6 is 0 Å². The van der Waals surface area contributed by atoms with E-state index in [-0.39, 0.29) is 10.8 Å². The van der Waals surface area contributed by atoms with E-state index < -0.39 is 28.1 Å². The number of primary amides is 1. The fourth-order valence-electron chi connectivity index (χ4n) is 2.99. The Hall–Kier alpha value is -2.13. The second kappa shape index (κ2) is 8.05. The average Bonchev–Trinajstić information content (AvgIpc) is 2.58. The predicted octanol–water partition coefficient (Wildman–Crippen LogP) is 1.38. The van der Waals surface area contributed by atoms with E-state index in [1.807, 2.05) is 13.8 Å². The van der Waals surface area contributed by atoms with Gasteiger partial charge in [0.05, 0.1) is 17.7 Å². The van der Waals surface area contributed by atoms with Crippen LogP contribution < -0.4 is 15.4 Å². The Balaban J connectivity index is 2.31. The van der Waals surface area contributed by atoms with E-state index in [1.54, 1.807) is 6.07 Å². The van der Waals surface area contributed by atoms with Crippen molar-refractivity contribution in [3.63, 3.8) is 0 Å². The summed E-state index contributed by atoms with van der Waals surface area (Å²) in [6.07, 6.45) is 1.19. The van der Waals surface area contributed by atoms with Crippen LogP contribution in [0.2, 0.25) is 0 Å². The Morgan fingerprint density at radius 1 is 1.35 bits per heavy atom. The highest BCUT2D eigenvalue weighted by atomic mass is 32.2. The Morgan fingerprint density at radius 3 is 2.62 bits per heavy atom. The molecule has 0 aromatic heterocycles. The zero-order valence-electron chi connectivity index (χ0n) is 15.2. The van der Waals surface area contributed by atoms with Gasteiger partial charge in [-0.05, 0) is 48.9 Å². The Bertz CT molecular complexity index is 792. The molecule has 0 fully saturated rings. The number of aryl methyl sites for hydroxylation is 1. The first-order valence-corrected chi connectivity index (χ1v) is 9.94. The summed E-state index contributed by atoms with van der Waals surface area (Å²) in [5.74, 6) is -0.607. The van der Waals surface area contributed by atoms with Gasteiger partial charge in [-0.25, -0.2) is 13.2 Å². The lowest BCUT2D eigenvalue weighted by Gasteiger charge is -2.28. The number of fused-ring (bicyclic) bond motifs is 1. The number of hydrogen-bond donors (Lipinski definition) is 2. The molecule has 0 unspecified atom stereocenters. The summed E-state index contributed by atoms with van der Waals surface area (Å²) >= 11 is 0. The summed E-state index contributed by atoms with van der Waals surface area (Å²) < 4.78 is 32.5. The van der Waals surface area contributed by atoms with Crippen molar-refractivity contribution in [1.82, 2.24) is 4.72 Å². The van der Waals surface area contributed by atoms with Gasteiger partial charge in [-0.2, -0.15) is 4.72 Å². The number of nitrogens with one attached hydrogen (secondary N) is 1. The van der Waals surface area contributed by atoms with Gasteiger partial charge < -0.3 is 10.5 Å². The van der Waals surface area contributed by atoms with Crippen LogP contribution in [0.15, 0.2) is 23.1 Å². The number of nitrogens with two attached hydrogens (primary N) is 1. The first-order chi connectivity index (χ1) is 12.2. The highest BCUT2D eigenvalue weighted by Gasteiger charge is 2.28. The van der Waals surface area contributed by atoms with E-state index in [9.17, 15) is 18.0 Å². The molecule has 144 valence electrons. The number of ether oxygens (including phenoxy) is 1. The van der Waals surface area contributed by atoms with Crippen LogP contribution in [-0.4, -0.2) is 40.1 Å². The lowest BCUT2D eigenvalue weighted by atomic mass is 10.0. The van der Waals surface area contributed by atoms with Crippen LogP contribution in [0.4, 0.5) is 10.5 Å².